The van der Waals surface area contributed by atoms with Gasteiger partial charge in [-0.3, -0.25) is 4.48 Å². The first-order chi connectivity index (χ1) is 34.2. The minimum atomic E-state index is -0.451. The van der Waals surface area contributed by atoms with Gasteiger partial charge in [-0.2, -0.15) is 0 Å². The van der Waals surface area contributed by atoms with Crippen LogP contribution in [0.5, 0.6) is 0 Å². The third-order valence-electron chi connectivity index (χ3n) is 13.9. The van der Waals surface area contributed by atoms with Gasteiger partial charge in [0.05, 0.1) is 72.7 Å². The number of benzene rings is 5. The van der Waals surface area contributed by atoms with Gasteiger partial charge >= 0.3 is 0 Å². The van der Waals surface area contributed by atoms with E-state index in [-0.39, 0.29) is 12.2 Å². The van der Waals surface area contributed by atoms with Crippen molar-refractivity contribution in [3.05, 3.63) is 173 Å². The molecule has 0 bridgehead atoms. The highest BCUT2D eigenvalue weighted by molar-refractivity contribution is 5.43. The van der Waals surface area contributed by atoms with Crippen LogP contribution in [0.2, 0.25) is 0 Å². The fourth-order valence-corrected chi connectivity index (χ4v) is 8.44. The third-order valence-corrected chi connectivity index (χ3v) is 13.9. The molecule has 5 aromatic carbocycles. The topological polar surface area (TPSA) is 58.9 Å². The molecule has 72 heavy (non-hydrogen) atoms. The molecule has 0 saturated carbocycles. The van der Waals surface area contributed by atoms with Gasteiger partial charge in [-0.15, -0.1) is 0 Å². The molecule has 1 aliphatic rings. The molecule has 400 valence electrons. The Morgan fingerprint density at radius 1 is 0.472 bits per heavy atom. The molecule has 0 aliphatic carbocycles. The number of aliphatic hydroxyl groups is 2. The van der Waals surface area contributed by atoms with Crippen molar-refractivity contribution in [3.63, 3.8) is 0 Å². The minimum Gasteiger partial charge on any atom is -0.393 e. The molecule has 1 saturated heterocycles. The number of hydrogen-bond donors (Lipinski definition) is 2. The second kappa shape index (κ2) is 34.4. The first-order valence-corrected chi connectivity index (χ1v) is 27.8. The van der Waals surface area contributed by atoms with Crippen molar-refractivity contribution in [3.8, 4) is 0 Å². The van der Waals surface area contributed by atoms with Crippen LogP contribution in [0.1, 0.15) is 185 Å². The van der Waals surface area contributed by atoms with Gasteiger partial charge in [0.15, 0.2) is 6.29 Å². The summed E-state index contributed by atoms with van der Waals surface area (Å²) < 4.78 is 14.0. The fraction of sp³-hybridized carbons (Fsp3) is 0.545. The standard InChI is InChI=1S/C33H36.C20H34NO4.C5H14N.C5H12.C3H8/c1-26(28-15-7-3-8-16-28)23-32(30-19-11-5-12-20-30)25-33(31-21-13-6-14-22-31)24-27(2)29-17-9-4-10-18-29;1-6-21(4,5)17-9-7-16(8-10-17)20-24-18(11-14(2)22)13-19(25-20)12-15(3)23;1-5-6(2,3)4;1-4-5(2)3;1-3-2/h3-22,26-27,32-33H,23-25H2,1-2H3;7-10,14-15,18-20,22-23H,6,11-13H2,1-5H3;5H2,1-4H3;5H,4H2,1-3H3;3H2,1-2H3/q;2*+1;;. The second-order valence-corrected chi connectivity index (χ2v) is 22.5. The van der Waals surface area contributed by atoms with Gasteiger partial charge in [0, 0.05) is 12.0 Å². The van der Waals surface area contributed by atoms with Gasteiger partial charge in [0.2, 0.25) is 0 Å². The maximum absolute atomic E-state index is 9.71. The van der Waals surface area contributed by atoms with Crippen molar-refractivity contribution in [2.24, 2.45) is 5.92 Å². The quantitative estimate of drug-likeness (QED) is 0.0810. The summed E-state index contributed by atoms with van der Waals surface area (Å²) in [5.41, 5.74) is 8.02. The molecule has 0 amide bonds. The van der Waals surface area contributed by atoms with Crippen LogP contribution in [0.15, 0.2) is 146 Å². The summed E-state index contributed by atoms with van der Waals surface area (Å²) in [7, 11) is 10.9. The van der Waals surface area contributed by atoms with Crippen LogP contribution in [-0.2, 0) is 9.47 Å². The summed E-state index contributed by atoms with van der Waals surface area (Å²) in [6.45, 7) is 25.8. The highest BCUT2D eigenvalue weighted by Gasteiger charge is 2.33. The summed E-state index contributed by atoms with van der Waals surface area (Å²) in [4.78, 5) is 0. The molecule has 1 aliphatic heterocycles. The molecule has 2 N–H and O–H groups in total. The van der Waals surface area contributed by atoms with Crippen molar-refractivity contribution >= 4 is 5.69 Å². The molecule has 6 nitrogen and oxygen atoms in total. The number of aliphatic hydroxyl groups excluding tert-OH is 2. The van der Waals surface area contributed by atoms with E-state index in [0.717, 1.165) is 39.8 Å². The molecule has 6 rings (SSSR count). The highest BCUT2D eigenvalue weighted by Crippen LogP contribution is 2.41. The molecule has 0 aromatic heterocycles. The summed E-state index contributed by atoms with van der Waals surface area (Å²) in [5, 5.41) is 19.4. The van der Waals surface area contributed by atoms with Crippen LogP contribution in [0.3, 0.4) is 0 Å². The van der Waals surface area contributed by atoms with Crippen molar-refractivity contribution < 1.29 is 24.2 Å². The zero-order valence-corrected chi connectivity index (χ0v) is 48.3. The number of ether oxygens (including phenoxy) is 2. The lowest BCUT2D eigenvalue weighted by Crippen LogP contribution is -2.40. The molecule has 5 aromatic rings. The van der Waals surface area contributed by atoms with E-state index in [1.54, 1.807) is 13.8 Å². The van der Waals surface area contributed by atoms with E-state index in [1.165, 1.54) is 53.7 Å². The third kappa shape index (κ3) is 25.7. The molecular weight excluding hydrogens is 885 g/mol. The first kappa shape index (κ1) is 64.0. The minimum absolute atomic E-state index is 0.0648. The van der Waals surface area contributed by atoms with Crippen molar-refractivity contribution in [2.75, 3.05) is 48.3 Å². The van der Waals surface area contributed by atoms with E-state index in [1.807, 2.05) is 0 Å². The highest BCUT2D eigenvalue weighted by atomic mass is 16.7. The Bertz CT molecular complexity index is 1940. The van der Waals surface area contributed by atoms with Crippen molar-refractivity contribution in [1.29, 1.82) is 0 Å². The monoisotopic (exact) mass is 989 g/mol. The average molecular weight is 990 g/mol. The Hall–Kier alpha value is -4.14. The van der Waals surface area contributed by atoms with Gasteiger partial charge in [-0.1, -0.05) is 183 Å². The zero-order valence-electron chi connectivity index (χ0n) is 48.3. The average Bonchev–Trinajstić information content (AvgIpc) is 3.37. The van der Waals surface area contributed by atoms with E-state index in [2.05, 4.69) is 243 Å². The summed E-state index contributed by atoms with van der Waals surface area (Å²) in [6, 6.07) is 52.7. The largest absolute Gasteiger partial charge is 0.393 e. The number of rotatable bonds is 19. The van der Waals surface area contributed by atoms with E-state index >= 15 is 0 Å². The molecule has 8 atom stereocenters. The molecule has 8 unspecified atom stereocenters. The molecular formula is C66H104N2O4+2. The maximum Gasteiger partial charge on any atom is 0.184 e. The van der Waals surface area contributed by atoms with E-state index in [9.17, 15) is 10.2 Å². The Labute approximate surface area is 442 Å². The number of quaternary nitrogens is 2. The molecule has 1 fully saturated rings. The van der Waals surface area contributed by atoms with Gasteiger partial charge in [0.1, 0.15) is 5.69 Å². The van der Waals surface area contributed by atoms with E-state index in [4.69, 9.17) is 9.47 Å². The van der Waals surface area contributed by atoms with Gasteiger partial charge < -0.3 is 24.2 Å². The van der Waals surface area contributed by atoms with Gasteiger partial charge in [0.25, 0.3) is 0 Å². The van der Waals surface area contributed by atoms with Crippen LogP contribution < -0.4 is 4.48 Å². The smallest absolute Gasteiger partial charge is 0.184 e. The second-order valence-electron chi connectivity index (χ2n) is 22.5. The lowest BCUT2D eigenvalue weighted by Gasteiger charge is -2.37. The fourth-order valence-electron chi connectivity index (χ4n) is 8.44. The lowest BCUT2D eigenvalue weighted by molar-refractivity contribution is -0.868. The van der Waals surface area contributed by atoms with Gasteiger partial charge in [-0.25, -0.2) is 0 Å². The van der Waals surface area contributed by atoms with Crippen LogP contribution in [-0.4, -0.2) is 87.4 Å². The Balaban J connectivity index is 0.000000399. The predicted molar refractivity (Wildman–Crippen MR) is 312 cm³/mol. The Morgan fingerprint density at radius 2 is 0.792 bits per heavy atom. The van der Waals surface area contributed by atoms with Crippen molar-refractivity contribution in [1.82, 2.24) is 4.48 Å². The molecule has 0 spiro atoms. The number of hydrogen-bond acceptors (Lipinski definition) is 4. The van der Waals surface area contributed by atoms with Crippen LogP contribution in [0.4, 0.5) is 5.69 Å². The molecule has 1 heterocycles. The summed E-state index contributed by atoms with van der Waals surface area (Å²) in [6.07, 6.45) is 6.49. The predicted octanol–water partition coefficient (Wildman–Crippen LogP) is 16.5. The van der Waals surface area contributed by atoms with Gasteiger partial charge in [-0.05, 0) is 136 Å². The van der Waals surface area contributed by atoms with E-state index < -0.39 is 18.5 Å². The lowest BCUT2D eigenvalue weighted by atomic mass is 9.76. The normalized spacial score (nSPS) is 18.1. The zero-order chi connectivity index (χ0) is 53.7. The van der Waals surface area contributed by atoms with Crippen LogP contribution in [0, 0.1) is 5.92 Å². The Kier molecular flexibility index (Phi) is 30.5. The van der Waals surface area contributed by atoms with Crippen LogP contribution >= 0.6 is 0 Å². The molecule has 6 heteroatoms. The SMILES string of the molecule is CC(CC(CC(CC(C)c1ccccc1)c1ccccc1)c1ccccc1)c1ccccc1.CCC.CCC(C)C.CC[N+](C)(C)C.CC[N+](C)(C)c1ccc(C2OC(CC(C)O)CC(CC(C)O)O2)cc1. The van der Waals surface area contributed by atoms with Crippen molar-refractivity contribution in [2.45, 2.75) is 182 Å². The van der Waals surface area contributed by atoms with E-state index in [0.29, 0.717) is 42.9 Å². The Morgan fingerprint density at radius 3 is 1.07 bits per heavy atom. The molecule has 0 radical (unpaired) electrons. The first-order valence-electron chi connectivity index (χ1n) is 27.8. The van der Waals surface area contributed by atoms with Crippen LogP contribution in [0.25, 0.3) is 0 Å². The number of nitrogens with zero attached hydrogens (tertiary/aromatic N) is 2. The maximum atomic E-state index is 9.71. The summed E-state index contributed by atoms with van der Waals surface area (Å²) in [5.74, 6) is 2.98. The summed E-state index contributed by atoms with van der Waals surface area (Å²) >= 11 is 0.